The zero-order chi connectivity index (χ0) is 34.6. The molecule has 1 unspecified atom stereocenters. The zero-order valence-electron chi connectivity index (χ0n) is 27.6. The summed E-state index contributed by atoms with van der Waals surface area (Å²) in [6, 6.07) is 29.5. The van der Waals surface area contributed by atoms with E-state index in [0.717, 1.165) is 89.1 Å². The zero-order valence-corrected chi connectivity index (χ0v) is 29.1. The molecule has 2 fully saturated rings. The fraction of sp³-hybridized carbons (Fsp3) is 0.225. The number of H-pyrrole nitrogens is 1. The first-order valence-electron chi connectivity index (χ1n) is 17.3. The number of halogens is 2. The van der Waals surface area contributed by atoms with Crippen molar-refractivity contribution in [1.82, 2.24) is 19.4 Å². The lowest BCUT2D eigenvalue weighted by Crippen LogP contribution is -2.50. The van der Waals surface area contributed by atoms with Gasteiger partial charge in [0.15, 0.2) is 0 Å². The summed E-state index contributed by atoms with van der Waals surface area (Å²) in [4.78, 5) is 39.6. The maximum absolute atomic E-state index is 14.6. The molecule has 2 N–H and O–H groups in total. The van der Waals surface area contributed by atoms with Crippen molar-refractivity contribution in [3.63, 3.8) is 0 Å². The van der Waals surface area contributed by atoms with Crippen molar-refractivity contribution >= 4 is 57.5 Å². The van der Waals surface area contributed by atoms with Crippen LogP contribution in [0, 0.1) is 0 Å². The van der Waals surface area contributed by atoms with Crippen molar-refractivity contribution in [3.8, 4) is 22.5 Å². The number of benzene rings is 4. The Labute approximate surface area is 304 Å². The standard InChI is InChI=1S/C40H34Cl2N6O3/c41-26-13-11-25(12-14-26)37-29-21-27(42)22-31-33(29)34(38-35(43-23-48(37)38)24-7-2-1-3-8-24)36(44-31)39(49)45-30-9-4-5-10-32(30)46-18-15-28(16-19-46)47-17-6-20-51-40(47)50/h1-5,7-14,21-23,28,37,44H,6,15-20H2,(H,45,49). The van der Waals surface area contributed by atoms with E-state index in [1.54, 1.807) is 0 Å². The lowest BCUT2D eigenvalue weighted by atomic mass is 9.88. The maximum atomic E-state index is 14.6. The highest BCUT2D eigenvalue weighted by atomic mass is 35.5. The molecule has 2 aromatic heterocycles. The third-order valence-corrected chi connectivity index (χ3v) is 10.8. The number of nitrogens with zero attached hydrogens (tertiary/aromatic N) is 4. The van der Waals surface area contributed by atoms with Gasteiger partial charge < -0.3 is 29.4 Å². The van der Waals surface area contributed by atoms with Gasteiger partial charge in [-0.2, -0.15) is 0 Å². The summed E-state index contributed by atoms with van der Waals surface area (Å²) in [7, 11) is 0. The largest absolute Gasteiger partial charge is 0.449 e. The van der Waals surface area contributed by atoms with Crippen LogP contribution < -0.4 is 10.2 Å². The number of piperidine rings is 1. The summed E-state index contributed by atoms with van der Waals surface area (Å²) in [5.74, 6) is -0.265. The SMILES string of the molecule is O=C(Nc1ccccc1N1CCC(N2CCCOC2=O)CC1)c1[nH]c2cc(Cl)cc3c2c1-c1c(-c2ccccc2)ncn1C3c1ccc(Cl)cc1. The second kappa shape index (κ2) is 12.8. The molecule has 9 nitrogen and oxygen atoms in total. The van der Waals surface area contributed by atoms with Gasteiger partial charge in [-0.1, -0.05) is 77.8 Å². The lowest BCUT2D eigenvalue weighted by molar-refractivity contribution is 0.0499. The lowest BCUT2D eigenvalue weighted by Gasteiger charge is -2.40. The summed E-state index contributed by atoms with van der Waals surface area (Å²) in [6.07, 6.45) is 4.15. The number of ether oxygens (including phenoxy) is 1. The number of hydrogen-bond acceptors (Lipinski definition) is 5. The Morgan fingerprint density at radius 3 is 2.45 bits per heavy atom. The van der Waals surface area contributed by atoms with E-state index in [-0.39, 0.29) is 24.1 Å². The fourth-order valence-corrected chi connectivity index (χ4v) is 8.41. The van der Waals surface area contributed by atoms with Crippen LogP contribution in [0.2, 0.25) is 10.0 Å². The van der Waals surface area contributed by atoms with Gasteiger partial charge in [-0.05, 0) is 66.8 Å². The summed E-state index contributed by atoms with van der Waals surface area (Å²) in [5.41, 5.74) is 8.21. The Morgan fingerprint density at radius 2 is 1.67 bits per heavy atom. The Hall–Kier alpha value is -5.25. The number of hydrogen-bond donors (Lipinski definition) is 2. The minimum absolute atomic E-state index is 0.150. The number of anilines is 2. The van der Waals surface area contributed by atoms with Gasteiger partial charge in [0, 0.05) is 57.8 Å². The van der Waals surface area contributed by atoms with Gasteiger partial charge in [-0.15, -0.1) is 0 Å². The highest BCUT2D eigenvalue weighted by Gasteiger charge is 2.36. The number of rotatable bonds is 6. The average molecular weight is 718 g/mol. The van der Waals surface area contributed by atoms with Crippen molar-refractivity contribution in [2.45, 2.75) is 31.3 Å². The van der Waals surface area contributed by atoms with Crippen LogP contribution in [0.1, 0.15) is 46.9 Å². The molecule has 0 spiro atoms. The molecule has 0 saturated carbocycles. The number of cyclic esters (lactones) is 1. The van der Waals surface area contributed by atoms with E-state index >= 15 is 0 Å². The third-order valence-electron chi connectivity index (χ3n) is 10.4. The first-order chi connectivity index (χ1) is 24.9. The molecule has 0 aliphatic carbocycles. The Balaban J connectivity index is 1.11. The first kappa shape index (κ1) is 31.7. The van der Waals surface area contributed by atoms with E-state index < -0.39 is 0 Å². The van der Waals surface area contributed by atoms with E-state index in [1.807, 2.05) is 102 Å². The minimum atomic E-state index is -0.265. The molecule has 5 heterocycles. The van der Waals surface area contributed by atoms with E-state index in [1.165, 1.54) is 0 Å². The van der Waals surface area contributed by atoms with Crippen LogP contribution in [0.5, 0.6) is 0 Å². The molecular weight excluding hydrogens is 683 g/mol. The molecule has 1 atom stereocenters. The number of aromatic nitrogens is 3. The van der Waals surface area contributed by atoms with Crippen molar-refractivity contribution in [3.05, 3.63) is 124 Å². The molecule has 0 radical (unpaired) electrons. The Morgan fingerprint density at radius 1 is 0.902 bits per heavy atom. The predicted octanol–water partition coefficient (Wildman–Crippen LogP) is 9.02. The van der Waals surface area contributed by atoms with Crippen LogP contribution in [-0.2, 0) is 4.74 Å². The number of imidazole rings is 1. The van der Waals surface area contributed by atoms with Gasteiger partial charge in [-0.3, -0.25) is 4.79 Å². The molecular formula is C40H34Cl2N6O3. The Bertz CT molecular complexity index is 2290. The van der Waals surface area contributed by atoms with E-state index in [9.17, 15) is 9.59 Å². The van der Waals surface area contributed by atoms with Crippen molar-refractivity contribution < 1.29 is 14.3 Å². The van der Waals surface area contributed by atoms with Gasteiger partial charge in [0.1, 0.15) is 5.69 Å². The van der Waals surface area contributed by atoms with E-state index in [4.69, 9.17) is 32.9 Å². The van der Waals surface area contributed by atoms with E-state index in [2.05, 4.69) is 19.8 Å². The molecule has 0 bridgehead atoms. The number of aromatic amines is 1. The van der Waals surface area contributed by atoms with Crippen LogP contribution in [-0.4, -0.2) is 63.7 Å². The number of para-hydroxylation sites is 2. The van der Waals surface area contributed by atoms with Crippen molar-refractivity contribution in [1.29, 1.82) is 0 Å². The van der Waals surface area contributed by atoms with E-state index in [0.29, 0.717) is 28.0 Å². The topological polar surface area (TPSA) is 95.5 Å². The van der Waals surface area contributed by atoms with Gasteiger partial charge in [0.25, 0.3) is 5.91 Å². The molecule has 3 aliphatic rings. The average Bonchev–Trinajstić information content (AvgIpc) is 3.76. The maximum Gasteiger partial charge on any atom is 0.410 e. The summed E-state index contributed by atoms with van der Waals surface area (Å²) in [5, 5.41) is 5.41. The number of carbonyl (C=O) groups excluding carboxylic acids is 2. The number of nitrogens with one attached hydrogen (secondary N) is 2. The summed E-state index contributed by atoms with van der Waals surface area (Å²) in [6.45, 7) is 2.74. The van der Waals surface area contributed by atoms with Crippen LogP contribution >= 0.6 is 23.2 Å². The van der Waals surface area contributed by atoms with Crippen LogP contribution in [0.4, 0.5) is 16.2 Å². The van der Waals surface area contributed by atoms with Crippen LogP contribution in [0.25, 0.3) is 33.4 Å². The first-order valence-corrected chi connectivity index (χ1v) is 18.0. The fourth-order valence-electron chi connectivity index (χ4n) is 8.06. The minimum Gasteiger partial charge on any atom is -0.449 e. The molecule has 4 aromatic carbocycles. The molecule has 2 saturated heterocycles. The second-order valence-corrected chi connectivity index (χ2v) is 14.2. The third kappa shape index (κ3) is 5.52. The molecule has 3 aliphatic heterocycles. The van der Waals surface area contributed by atoms with Gasteiger partial charge in [0.2, 0.25) is 0 Å². The monoisotopic (exact) mass is 716 g/mol. The normalized spacial score (nSPS) is 17.4. The Kier molecular flexibility index (Phi) is 7.97. The highest BCUT2D eigenvalue weighted by Crippen LogP contribution is 2.50. The quantitative estimate of drug-likeness (QED) is 0.179. The van der Waals surface area contributed by atoms with Crippen LogP contribution in [0.3, 0.4) is 0 Å². The van der Waals surface area contributed by atoms with Gasteiger partial charge in [0.05, 0.1) is 41.7 Å². The highest BCUT2D eigenvalue weighted by molar-refractivity contribution is 6.32. The molecule has 9 rings (SSSR count). The summed E-state index contributed by atoms with van der Waals surface area (Å²) < 4.78 is 7.44. The molecule has 6 aromatic rings. The second-order valence-electron chi connectivity index (χ2n) is 13.3. The van der Waals surface area contributed by atoms with Crippen molar-refractivity contribution in [2.75, 3.05) is 36.5 Å². The van der Waals surface area contributed by atoms with Gasteiger partial charge >= 0.3 is 6.09 Å². The summed E-state index contributed by atoms with van der Waals surface area (Å²) >= 11 is 13.1. The number of carbonyl (C=O) groups is 2. The number of amides is 2. The molecule has 51 heavy (non-hydrogen) atoms. The molecule has 2 amide bonds. The smallest absolute Gasteiger partial charge is 0.410 e. The van der Waals surface area contributed by atoms with Crippen molar-refractivity contribution in [2.24, 2.45) is 0 Å². The van der Waals surface area contributed by atoms with Crippen LogP contribution in [0.15, 0.2) is 97.3 Å². The predicted molar refractivity (Wildman–Crippen MR) is 201 cm³/mol. The van der Waals surface area contributed by atoms with Gasteiger partial charge in [-0.25, -0.2) is 9.78 Å². The molecule has 11 heteroatoms. The number of fused-ring (bicyclic) bond motifs is 2. The molecule has 256 valence electrons.